The van der Waals surface area contributed by atoms with Crippen molar-refractivity contribution in [2.75, 3.05) is 19.8 Å². The van der Waals surface area contributed by atoms with Crippen molar-refractivity contribution in [3.05, 3.63) is 17.2 Å². The van der Waals surface area contributed by atoms with Crippen molar-refractivity contribution in [2.24, 2.45) is 0 Å². The van der Waals surface area contributed by atoms with Crippen LogP contribution in [-0.4, -0.2) is 30.9 Å². The van der Waals surface area contributed by atoms with E-state index in [0.717, 1.165) is 0 Å². The van der Waals surface area contributed by atoms with Gasteiger partial charge in [0.1, 0.15) is 19.0 Å². The Morgan fingerprint density at radius 2 is 2.19 bits per heavy atom. The van der Waals surface area contributed by atoms with Gasteiger partial charge in [-0.3, -0.25) is 0 Å². The molecule has 1 aromatic carbocycles. The highest BCUT2D eigenvalue weighted by Crippen LogP contribution is 2.40. The van der Waals surface area contributed by atoms with Crippen LogP contribution >= 0.6 is 11.6 Å². The summed E-state index contributed by atoms with van der Waals surface area (Å²) in [6.07, 6.45) is 0. The summed E-state index contributed by atoms with van der Waals surface area (Å²) in [4.78, 5) is 10.3. The molecule has 1 aliphatic rings. The van der Waals surface area contributed by atoms with Gasteiger partial charge in [-0.1, -0.05) is 11.6 Å². The van der Waals surface area contributed by atoms with Crippen molar-refractivity contribution >= 4 is 17.6 Å². The maximum Gasteiger partial charge on any atom is 0.341 e. The summed E-state index contributed by atoms with van der Waals surface area (Å²) in [6, 6.07) is 3.06. The molecule has 1 aromatic rings. The van der Waals surface area contributed by atoms with Crippen molar-refractivity contribution in [1.82, 2.24) is 0 Å². The molecule has 0 aromatic heterocycles. The van der Waals surface area contributed by atoms with E-state index in [-0.39, 0.29) is 0 Å². The topological polar surface area (TPSA) is 65.0 Å². The van der Waals surface area contributed by atoms with E-state index >= 15 is 0 Å². The molecule has 86 valence electrons. The molecule has 2 rings (SSSR count). The smallest absolute Gasteiger partial charge is 0.341 e. The lowest BCUT2D eigenvalue weighted by Crippen LogP contribution is -2.16. The van der Waals surface area contributed by atoms with Gasteiger partial charge in [-0.2, -0.15) is 0 Å². The number of carbonyl (C=O) groups is 1. The maximum absolute atomic E-state index is 10.3. The number of ether oxygens (including phenoxy) is 3. The van der Waals surface area contributed by atoms with E-state index in [0.29, 0.717) is 35.5 Å². The third kappa shape index (κ3) is 2.30. The Labute approximate surface area is 96.5 Å². The first-order valence-corrected chi connectivity index (χ1v) is 4.98. The molecule has 0 fully saturated rings. The first-order chi connectivity index (χ1) is 7.66. The highest BCUT2D eigenvalue weighted by atomic mass is 35.5. The van der Waals surface area contributed by atoms with Gasteiger partial charge in [-0.15, -0.1) is 0 Å². The van der Waals surface area contributed by atoms with Crippen molar-refractivity contribution in [3.8, 4) is 17.2 Å². The predicted octanol–water partition coefficient (Wildman–Crippen LogP) is 1.57. The van der Waals surface area contributed by atoms with Crippen LogP contribution in [0.25, 0.3) is 0 Å². The molecule has 0 saturated heterocycles. The number of carboxylic acid groups (broad SMARTS) is 1. The summed E-state index contributed by atoms with van der Waals surface area (Å²) in [5.74, 6) is 0.234. The second kappa shape index (κ2) is 4.49. The Kier molecular flexibility index (Phi) is 3.05. The van der Waals surface area contributed by atoms with Crippen LogP contribution in [0.5, 0.6) is 17.2 Å². The van der Waals surface area contributed by atoms with Gasteiger partial charge < -0.3 is 19.3 Å². The molecule has 0 atom stereocenters. The molecule has 0 amide bonds. The summed E-state index contributed by atoms with van der Waals surface area (Å²) in [5.41, 5.74) is 0. The number of rotatable bonds is 3. The van der Waals surface area contributed by atoms with Crippen LogP contribution in [0.1, 0.15) is 0 Å². The summed E-state index contributed by atoms with van der Waals surface area (Å²) in [6.45, 7) is 0.462. The molecular weight excluding hydrogens is 236 g/mol. The van der Waals surface area contributed by atoms with Crippen LogP contribution in [0.4, 0.5) is 0 Å². The Hall–Kier alpha value is -1.62. The van der Waals surface area contributed by atoms with Gasteiger partial charge in [0.15, 0.2) is 18.1 Å². The van der Waals surface area contributed by atoms with Crippen molar-refractivity contribution in [3.63, 3.8) is 0 Å². The Morgan fingerprint density at radius 3 is 2.94 bits per heavy atom. The summed E-state index contributed by atoms with van der Waals surface area (Å²) in [7, 11) is 0. The van der Waals surface area contributed by atoms with Crippen LogP contribution in [0.3, 0.4) is 0 Å². The van der Waals surface area contributed by atoms with Crippen molar-refractivity contribution in [2.45, 2.75) is 0 Å². The van der Waals surface area contributed by atoms with Gasteiger partial charge in [-0.05, 0) is 0 Å². The Morgan fingerprint density at radius 1 is 1.44 bits per heavy atom. The molecule has 0 radical (unpaired) electrons. The quantitative estimate of drug-likeness (QED) is 0.874. The van der Waals surface area contributed by atoms with Gasteiger partial charge in [0.2, 0.25) is 0 Å². The molecule has 16 heavy (non-hydrogen) atoms. The standard InChI is InChI=1S/C10H9ClO5/c11-7-3-6(16-5-9(12)13)4-8-10(7)15-2-1-14-8/h3-4H,1-2,5H2,(H,12,13). The number of hydrogen-bond acceptors (Lipinski definition) is 4. The van der Waals surface area contributed by atoms with Gasteiger partial charge in [0.25, 0.3) is 0 Å². The summed E-state index contributed by atoms with van der Waals surface area (Å²) < 4.78 is 15.6. The number of halogens is 1. The molecular formula is C10H9ClO5. The van der Waals surface area contributed by atoms with Crippen LogP contribution in [-0.2, 0) is 4.79 Å². The molecule has 0 bridgehead atoms. The molecule has 0 spiro atoms. The lowest BCUT2D eigenvalue weighted by atomic mass is 10.3. The lowest BCUT2D eigenvalue weighted by molar-refractivity contribution is -0.139. The molecule has 1 N–H and O–H groups in total. The highest BCUT2D eigenvalue weighted by Gasteiger charge is 2.17. The SMILES string of the molecule is O=C(O)COc1cc(Cl)c2c(c1)OCCO2. The Bertz CT molecular complexity index is 418. The molecule has 0 aliphatic carbocycles. The number of hydrogen-bond donors (Lipinski definition) is 1. The van der Waals surface area contributed by atoms with E-state index in [1.54, 1.807) is 6.07 Å². The zero-order valence-electron chi connectivity index (χ0n) is 8.23. The zero-order valence-corrected chi connectivity index (χ0v) is 8.99. The van der Waals surface area contributed by atoms with Gasteiger partial charge >= 0.3 is 5.97 Å². The van der Waals surface area contributed by atoms with Crippen LogP contribution < -0.4 is 14.2 Å². The van der Waals surface area contributed by atoms with Crippen LogP contribution in [0.2, 0.25) is 5.02 Å². The second-order valence-corrected chi connectivity index (χ2v) is 3.52. The number of fused-ring (bicyclic) bond motifs is 1. The fraction of sp³-hybridized carbons (Fsp3) is 0.300. The average molecular weight is 245 g/mol. The first-order valence-electron chi connectivity index (χ1n) is 4.60. The molecule has 6 heteroatoms. The van der Waals surface area contributed by atoms with E-state index < -0.39 is 12.6 Å². The highest BCUT2D eigenvalue weighted by molar-refractivity contribution is 6.32. The fourth-order valence-electron chi connectivity index (χ4n) is 1.32. The minimum atomic E-state index is -1.05. The van der Waals surface area contributed by atoms with E-state index in [2.05, 4.69) is 0 Å². The van der Waals surface area contributed by atoms with E-state index in [1.807, 2.05) is 0 Å². The summed E-state index contributed by atoms with van der Waals surface area (Å²) in [5, 5.41) is 8.81. The van der Waals surface area contributed by atoms with Crippen molar-refractivity contribution < 1.29 is 24.1 Å². The third-order valence-corrected chi connectivity index (χ3v) is 2.21. The molecule has 0 unspecified atom stereocenters. The molecule has 5 nitrogen and oxygen atoms in total. The normalized spacial score (nSPS) is 13.3. The van der Waals surface area contributed by atoms with E-state index in [9.17, 15) is 4.79 Å². The Balaban J connectivity index is 2.21. The van der Waals surface area contributed by atoms with Crippen LogP contribution in [0.15, 0.2) is 12.1 Å². The number of aliphatic carboxylic acids is 1. The zero-order chi connectivity index (χ0) is 11.5. The monoisotopic (exact) mass is 244 g/mol. The van der Waals surface area contributed by atoms with Crippen molar-refractivity contribution in [1.29, 1.82) is 0 Å². The fourth-order valence-corrected chi connectivity index (χ4v) is 1.57. The minimum Gasteiger partial charge on any atom is -0.486 e. The maximum atomic E-state index is 10.3. The number of carboxylic acids is 1. The van der Waals surface area contributed by atoms with Gasteiger partial charge in [-0.25, -0.2) is 4.79 Å². The first kappa shape index (κ1) is 10.9. The van der Waals surface area contributed by atoms with Crippen LogP contribution in [0, 0.1) is 0 Å². The van der Waals surface area contributed by atoms with Gasteiger partial charge in [0.05, 0.1) is 5.02 Å². The molecule has 0 saturated carbocycles. The molecule has 1 heterocycles. The summed E-state index contributed by atoms with van der Waals surface area (Å²) >= 11 is 5.93. The van der Waals surface area contributed by atoms with E-state index in [4.69, 9.17) is 30.9 Å². The van der Waals surface area contributed by atoms with Gasteiger partial charge in [0, 0.05) is 12.1 Å². The predicted molar refractivity (Wildman–Crippen MR) is 55.6 cm³/mol. The van der Waals surface area contributed by atoms with E-state index in [1.165, 1.54) is 6.07 Å². The largest absolute Gasteiger partial charge is 0.486 e. The second-order valence-electron chi connectivity index (χ2n) is 3.11. The minimum absolute atomic E-state index is 0.344. The average Bonchev–Trinajstić information content (AvgIpc) is 2.26. The third-order valence-electron chi connectivity index (χ3n) is 1.93. The molecule has 1 aliphatic heterocycles. The number of benzene rings is 1. The lowest BCUT2D eigenvalue weighted by Gasteiger charge is -2.20.